The van der Waals surface area contributed by atoms with Crippen molar-refractivity contribution in [2.75, 3.05) is 5.73 Å². The minimum Gasteiger partial charge on any atom is -0.382 e. The first-order chi connectivity index (χ1) is 10.3. The van der Waals surface area contributed by atoms with Crippen LogP contribution in [0.15, 0.2) is 60.9 Å². The Labute approximate surface area is 121 Å². The molecule has 100 valence electrons. The molecule has 0 fully saturated rings. The molecule has 0 aliphatic heterocycles. The van der Waals surface area contributed by atoms with Crippen LogP contribution in [0.5, 0.6) is 0 Å². The third-order valence-corrected chi connectivity index (χ3v) is 3.52. The van der Waals surface area contributed by atoms with E-state index < -0.39 is 0 Å². The molecule has 0 radical (unpaired) electrons. The van der Waals surface area contributed by atoms with Gasteiger partial charge in [-0.05, 0) is 17.5 Å². The number of benzene rings is 2. The van der Waals surface area contributed by atoms with Gasteiger partial charge in [-0.2, -0.15) is 0 Å². The molecule has 4 aromatic rings. The summed E-state index contributed by atoms with van der Waals surface area (Å²) in [5.41, 5.74) is 9.32. The molecule has 0 spiro atoms. The van der Waals surface area contributed by atoms with Gasteiger partial charge < -0.3 is 5.73 Å². The van der Waals surface area contributed by atoms with Crippen molar-refractivity contribution in [1.29, 1.82) is 0 Å². The average molecular weight is 272 g/mol. The molecule has 0 aliphatic carbocycles. The third-order valence-electron chi connectivity index (χ3n) is 3.52. The fraction of sp³-hybridized carbons (Fsp3) is 0. The van der Waals surface area contributed by atoms with E-state index in [0.717, 1.165) is 27.4 Å². The maximum Gasteiger partial charge on any atom is 0.150 e. The largest absolute Gasteiger partial charge is 0.382 e. The van der Waals surface area contributed by atoms with E-state index in [9.17, 15) is 0 Å². The molecular formula is C17H12N4. The lowest BCUT2D eigenvalue weighted by Crippen LogP contribution is -1.99. The lowest BCUT2D eigenvalue weighted by atomic mass is 10.1. The molecule has 0 amide bonds. The SMILES string of the molecule is Nc1nc2ccccc2nc1-c1cncc2ccccc12. The van der Waals surface area contributed by atoms with Crippen LogP contribution in [0.4, 0.5) is 5.82 Å². The predicted octanol–water partition coefficient (Wildman–Crippen LogP) is 3.43. The van der Waals surface area contributed by atoms with Crippen molar-refractivity contribution >= 4 is 27.6 Å². The van der Waals surface area contributed by atoms with Gasteiger partial charge in [-0.25, -0.2) is 9.97 Å². The molecule has 2 aromatic carbocycles. The van der Waals surface area contributed by atoms with Crippen LogP contribution in [0, 0.1) is 0 Å². The Morgan fingerprint density at radius 1 is 0.762 bits per heavy atom. The number of anilines is 1. The summed E-state index contributed by atoms with van der Waals surface area (Å²) >= 11 is 0. The Balaban J connectivity index is 2.06. The van der Waals surface area contributed by atoms with Gasteiger partial charge in [0.1, 0.15) is 5.69 Å². The number of nitrogen functional groups attached to an aromatic ring is 1. The van der Waals surface area contributed by atoms with Crippen LogP contribution in [-0.4, -0.2) is 15.0 Å². The van der Waals surface area contributed by atoms with Crippen LogP contribution >= 0.6 is 0 Å². The normalized spacial score (nSPS) is 11.0. The van der Waals surface area contributed by atoms with Crippen LogP contribution < -0.4 is 5.73 Å². The van der Waals surface area contributed by atoms with Crippen molar-refractivity contribution in [2.45, 2.75) is 0 Å². The van der Waals surface area contributed by atoms with Crippen molar-refractivity contribution in [1.82, 2.24) is 15.0 Å². The second-order valence-electron chi connectivity index (χ2n) is 4.85. The number of fused-ring (bicyclic) bond motifs is 2. The van der Waals surface area contributed by atoms with E-state index in [2.05, 4.69) is 15.0 Å². The molecule has 4 nitrogen and oxygen atoms in total. The van der Waals surface area contributed by atoms with Crippen LogP contribution in [0.1, 0.15) is 0 Å². The summed E-state index contributed by atoms with van der Waals surface area (Å²) in [5, 5.41) is 2.13. The molecule has 4 rings (SSSR count). The van der Waals surface area contributed by atoms with Gasteiger partial charge in [-0.1, -0.05) is 36.4 Å². The first-order valence-corrected chi connectivity index (χ1v) is 6.68. The molecule has 2 aromatic heterocycles. The topological polar surface area (TPSA) is 64.7 Å². The Hall–Kier alpha value is -3.01. The van der Waals surface area contributed by atoms with E-state index in [-0.39, 0.29) is 0 Å². The summed E-state index contributed by atoms with van der Waals surface area (Å²) in [6, 6.07) is 15.8. The zero-order chi connectivity index (χ0) is 14.2. The molecule has 21 heavy (non-hydrogen) atoms. The van der Waals surface area contributed by atoms with Gasteiger partial charge in [0.25, 0.3) is 0 Å². The quantitative estimate of drug-likeness (QED) is 0.576. The van der Waals surface area contributed by atoms with Crippen molar-refractivity contribution in [3.05, 3.63) is 60.9 Å². The summed E-state index contributed by atoms with van der Waals surface area (Å²) in [7, 11) is 0. The van der Waals surface area contributed by atoms with Crippen molar-refractivity contribution in [3.8, 4) is 11.3 Å². The Bertz CT molecular complexity index is 958. The summed E-state index contributed by atoms with van der Waals surface area (Å²) in [4.78, 5) is 13.4. The zero-order valence-corrected chi connectivity index (χ0v) is 11.2. The molecule has 0 saturated carbocycles. The zero-order valence-electron chi connectivity index (χ0n) is 11.2. The maximum atomic E-state index is 6.11. The van der Waals surface area contributed by atoms with E-state index in [1.165, 1.54) is 0 Å². The minimum atomic E-state index is 0.423. The number of pyridine rings is 1. The van der Waals surface area contributed by atoms with E-state index >= 15 is 0 Å². The van der Waals surface area contributed by atoms with E-state index in [4.69, 9.17) is 5.73 Å². The lowest BCUT2D eigenvalue weighted by Gasteiger charge is -2.08. The Morgan fingerprint density at radius 3 is 2.33 bits per heavy atom. The monoisotopic (exact) mass is 272 g/mol. The molecule has 0 bridgehead atoms. The number of para-hydroxylation sites is 2. The highest BCUT2D eigenvalue weighted by Crippen LogP contribution is 2.30. The highest BCUT2D eigenvalue weighted by atomic mass is 14.9. The number of nitrogens with zero attached hydrogens (tertiary/aromatic N) is 3. The van der Waals surface area contributed by atoms with E-state index in [0.29, 0.717) is 11.5 Å². The summed E-state index contributed by atoms with van der Waals surface area (Å²) in [6.07, 6.45) is 3.63. The Morgan fingerprint density at radius 2 is 1.48 bits per heavy atom. The van der Waals surface area contributed by atoms with Crippen molar-refractivity contribution in [3.63, 3.8) is 0 Å². The Kier molecular flexibility index (Phi) is 2.54. The summed E-state index contributed by atoms with van der Waals surface area (Å²) in [6.45, 7) is 0. The number of hydrogen-bond acceptors (Lipinski definition) is 4. The van der Waals surface area contributed by atoms with Crippen LogP contribution in [0.25, 0.3) is 33.1 Å². The van der Waals surface area contributed by atoms with Gasteiger partial charge in [0.2, 0.25) is 0 Å². The first-order valence-electron chi connectivity index (χ1n) is 6.68. The number of aromatic nitrogens is 3. The van der Waals surface area contributed by atoms with E-state index in [1.807, 2.05) is 54.7 Å². The molecule has 0 unspecified atom stereocenters. The van der Waals surface area contributed by atoms with Gasteiger partial charge in [0, 0.05) is 23.3 Å². The van der Waals surface area contributed by atoms with Gasteiger partial charge >= 0.3 is 0 Å². The summed E-state index contributed by atoms with van der Waals surface area (Å²) in [5.74, 6) is 0.423. The molecule has 4 heteroatoms. The molecule has 0 atom stereocenters. The minimum absolute atomic E-state index is 0.423. The van der Waals surface area contributed by atoms with Crippen LogP contribution in [0.2, 0.25) is 0 Å². The summed E-state index contributed by atoms with van der Waals surface area (Å²) < 4.78 is 0. The van der Waals surface area contributed by atoms with E-state index in [1.54, 1.807) is 6.20 Å². The highest BCUT2D eigenvalue weighted by Gasteiger charge is 2.11. The van der Waals surface area contributed by atoms with Gasteiger partial charge in [-0.15, -0.1) is 0 Å². The van der Waals surface area contributed by atoms with Gasteiger partial charge in [0.15, 0.2) is 5.82 Å². The van der Waals surface area contributed by atoms with Crippen LogP contribution in [-0.2, 0) is 0 Å². The fourth-order valence-corrected chi connectivity index (χ4v) is 2.52. The second-order valence-corrected chi connectivity index (χ2v) is 4.85. The molecule has 0 aliphatic rings. The molecule has 2 heterocycles. The molecular weight excluding hydrogens is 260 g/mol. The number of rotatable bonds is 1. The standard InChI is InChI=1S/C17H12N4/c18-17-16(20-14-7-3-4-8-15(14)21-17)13-10-19-9-11-5-1-2-6-12(11)13/h1-10H,(H2,18,21). The second kappa shape index (κ2) is 4.52. The van der Waals surface area contributed by atoms with Crippen molar-refractivity contribution in [2.24, 2.45) is 0 Å². The molecule has 0 saturated heterocycles. The first kappa shape index (κ1) is 11.8. The predicted molar refractivity (Wildman–Crippen MR) is 84.7 cm³/mol. The third kappa shape index (κ3) is 1.89. The lowest BCUT2D eigenvalue weighted by molar-refractivity contribution is 1.28. The fourth-order valence-electron chi connectivity index (χ4n) is 2.52. The van der Waals surface area contributed by atoms with Crippen molar-refractivity contribution < 1.29 is 0 Å². The molecule has 2 N–H and O–H groups in total. The smallest absolute Gasteiger partial charge is 0.150 e. The van der Waals surface area contributed by atoms with Gasteiger partial charge in [0.05, 0.1) is 11.0 Å². The highest BCUT2D eigenvalue weighted by molar-refractivity contribution is 5.97. The maximum absolute atomic E-state index is 6.11. The van der Waals surface area contributed by atoms with Gasteiger partial charge in [-0.3, -0.25) is 4.98 Å². The average Bonchev–Trinajstić information content (AvgIpc) is 2.54. The van der Waals surface area contributed by atoms with Crippen LogP contribution in [0.3, 0.4) is 0 Å². The number of hydrogen-bond donors (Lipinski definition) is 1. The number of nitrogens with two attached hydrogens (primary N) is 1.